The third kappa shape index (κ3) is 3.58. The Bertz CT molecular complexity index is 1020. The minimum absolute atomic E-state index is 0.549. The van der Waals surface area contributed by atoms with Crippen LogP contribution >= 0.6 is 11.6 Å². The molecule has 26 heavy (non-hydrogen) atoms. The van der Waals surface area contributed by atoms with Crippen molar-refractivity contribution in [3.63, 3.8) is 0 Å². The number of benzene rings is 2. The molecular formula is C22H15ClN2O. The van der Waals surface area contributed by atoms with E-state index in [1.807, 2.05) is 78.9 Å². The molecule has 0 spiro atoms. The van der Waals surface area contributed by atoms with Crippen molar-refractivity contribution in [3.05, 3.63) is 96.3 Å². The van der Waals surface area contributed by atoms with E-state index < -0.39 is 0 Å². The predicted molar refractivity (Wildman–Crippen MR) is 104 cm³/mol. The van der Waals surface area contributed by atoms with E-state index in [0.29, 0.717) is 16.5 Å². The van der Waals surface area contributed by atoms with Crippen molar-refractivity contribution in [1.82, 2.24) is 9.97 Å². The van der Waals surface area contributed by atoms with Crippen molar-refractivity contribution in [1.29, 1.82) is 0 Å². The molecule has 0 aliphatic heterocycles. The third-order valence-electron chi connectivity index (χ3n) is 3.91. The number of rotatable bonds is 4. The molecule has 4 heteroatoms. The summed E-state index contributed by atoms with van der Waals surface area (Å²) in [4.78, 5) is 8.75. The van der Waals surface area contributed by atoms with Gasteiger partial charge in [0.05, 0.1) is 16.4 Å². The van der Waals surface area contributed by atoms with Crippen LogP contribution in [0.5, 0.6) is 11.5 Å². The molecule has 3 nitrogen and oxygen atoms in total. The van der Waals surface area contributed by atoms with Gasteiger partial charge < -0.3 is 4.74 Å². The van der Waals surface area contributed by atoms with Crippen LogP contribution in [0.3, 0.4) is 0 Å². The number of aromatic nitrogens is 2. The van der Waals surface area contributed by atoms with Gasteiger partial charge in [-0.1, -0.05) is 41.9 Å². The lowest BCUT2D eigenvalue weighted by atomic mass is 10.1. The average molecular weight is 359 g/mol. The third-order valence-corrected chi connectivity index (χ3v) is 4.23. The Balaban J connectivity index is 1.65. The van der Waals surface area contributed by atoms with Crippen molar-refractivity contribution in [2.24, 2.45) is 0 Å². The minimum Gasteiger partial charge on any atom is -0.456 e. The maximum atomic E-state index is 6.33. The Kier molecular flexibility index (Phi) is 4.63. The zero-order valence-corrected chi connectivity index (χ0v) is 14.6. The topological polar surface area (TPSA) is 35.0 Å². The van der Waals surface area contributed by atoms with Crippen molar-refractivity contribution in [2.45, 2.75) is 0 Å². The largest absolute Gasteiger partial charge is 0.456 e. The Morgan fingerprint density at radius 3 is 2.00 bits per heavy atom. The fraction of sp³-hybridized carbons (Fsp3) is 0. The summed E-state index contributed by atoms with van der Waals surface area (Å²) < 4.78 is 6.05. The first-order valence-corrected chi connectivity index (χ1v) is 8.58. The van der Waals surface area contributed by atoms with Crippen molar-refractivity contribution in [3.8, 4) is 34.0 Å². The zero-order valence-electron chi connectivity index (χ0n) is 13.8. The number of hydrogen-bond acceptors (Lipinski definition) is 3. The zero-order chi connectivity index (χ0) is 17.8. The van der Waals surface area contributed by atoms with Crippen molar-refractivity contribution in [2.75, 3.05) is 0 Å². The van der Waals surface area contributed by atoms with E-state index in [-0.39, 0.29) is 0 Å². The van der Waals surface area contributed by atoms with Gasteiger partial charge in [0, 0.05) is 23.5 Å². The summed E-state index contributed by atoms with van der Waals surface area (Å²) in [6, 6.07) is 25.1. The number of nitrogens with zero attached hydrogens (tertiary/aromatic N) is 2. The lowest BCUT2D eigenvalue weighted by Crippen LogP contribution is -1.89. The maximum absolute atomic E-state index is 6.33. The molecule has 2 aromatic heterocycles. The molecule has 2 aromatic carbocycles. The molecule has 0 radical (unpaired) electrons. The summed E-state index contributed by atoms with van der Waals surface area (Å²) >= 11 is 6.33. The van der Waals surface area contributed by atoms with E-state index in [9.17, 15) is 0 Å². The minimum atomic E-state index is 0.549. The summed E-state index contributed by atoms with van der Waals surface area (Å²) in [7, 11) is 0. The van der Waals surface area contributed by atoms with Crippen LogP contribution in [0.1, 0.15) is 0 Å². The Morgan fingerprint density at radius 2 is 1.35 bits per heavy atom. The summed E-state index contributed by atoms with van der Waals surface area (Å²) in [5.74, 6) is 1.29. The van der Waals surface area contributed by atoms with Crippen LogP contribution in [0.15, 0.2) is 91.3 Å². The van der Waals surface area contributed by atoms with Gasteiger partial charge in [0.2, 0.25) is 0 Å². The number of hydrogen-bond donors (Lipinski definition) is 0. The molecule has 0 bridgehead atoms. The highest BCUT2D eigenvalue weighted by molar-refractivity contribution is 6.32. The van der Waals surface area contributed by atoms with Crippen molar-refractivity contribution >= 4 is 11.6 Å². The summed E-state index contributed by atoms with van der Waals surface area (Å²) in [6.07, 6.45) is 3.54. The second kappa shape index (κ2) is 7.38. The van der Waals surface area contributed by atoms with Crippen molar-refractivity contribution < 1.29 is 4.74 Å². The van der Waals surface area contributed by atoms with E-state index in [0.717, 1.165) is 22.5 Å². The van der Waals surface area contributed by atoms with E-state index in [4.69, 9.17) is 16.3 Å². The fourth-order valence-electron chi connectivity index (χ4n) is 2.65. The van der Waals surface area contributed by atoms with Crippen LogP contribution < -0.4 is 4.74 Å². The molecule has 0 N–H and O–H groups in total. The van der Waals surface area contributed by atoms with Gasteiger partial charge in [-0.2, -0.15) is 0 Å². The molecule has 2 heterocycles. The van der Waals surface area contributed by atoms with Gasteiger partial charge in [0.1, 0.15) is 11.5 Å². The first-order chi connectivity index (χ1) is 12.8. The molecule has 0 fully saturated rings. The predicted octanol–water partition coefficient (Wildman–Crippen LogP) is 6.26. The summed E-state index contributed by atoms with van der Waals surface area (Å²) in [6.45, 7) is 0. The SMILES string of the molecule is Clc1ccc(-c2ccccn2)cc1Oc1cccc(-c2ccccn2)c1. The van der Waals surface area contributed by atoms with Crippen LogP contribution in [0, 0.1) is 0 Å². The molecule has 4 aromatic rings. The van der Waals surface area contributed by atoms with Crippen LogP contribution in [-0.4, -0.2) is 9.97 Å². The lowest BCUT2D eigenvalue weighted by molar-refractivity contribution is 0.483. The summed E-state index contributed by atoms with van der Waals surface area (Å²) in [5, 5.41) is 0.549. The molecule has 0 saturated carbocycles. The van der Waals surface area contributed by atoms with Gasteiger partial charge >= 0.3 is 0 Å². The smallest absolute Gasteiger partial charge is 0.146 e. The second-order valence-corrected chi connectivity index (χ2v) is 6.11. The molecule has 4 rings (SSSR count). The van der Waals surface area contributed by atoms with Crippen LogP contribution in [-0.2, 0) is 0 Å². The normalized spacial score (nSPS) is 10.5. The highest BCUT2D eigenvalue weighted by Gasteiger charge is 2.08. The average Bonchev–Trinajstić information content (AvgIpc) is 2.71. The van der Waals surface area contributed by atoms with Gasteiger partial charge in [-0.15, -0.1) is 0 Å². The van der Waals surface area contributed by atoms with Gasteiger partial charge in [0.15, 0.2) is 0 Å². The van der Waals surface area contributed by atoms with Crippen LogP contribution in [0.25, 0.3) is 22.5 Å². The molecule has 0 amide bonds. The highest BCUT2D eigenvalue weighted by Crippen LogP contribution is 2.34. The molecule has 126 valence electrons. The van der Waals surface area contributed by atoms with Gasteiger partial charge in [0.25, 0.3) is 0 Å². The highest BCUT2D eigenvalue weighted by atomic mass is 35.5. The van der Waals surface area contributed by atoms with E-state index in [1.54, 1.807) is 12.4 Å². The standard InChI is InChI=1S/C22H15ClN2O/c23-19-11-10-17(21-9-2-4-13-25-21)15-22(19)26-18-7-5-6-16(14-18)20-8-1-3-12-24-20/h1-15H. The number of halogens is 1. The monoisotopic (exact) mass is 358 g/mol. The van der Waals surface area contributed by atoms with E-state index in [2.05, 4.69) is 9.97 Å². The number of pyridine rings is 2. The molecule has 0 aliphatic carbocycles. The Labute approximate surface area is 156 Å². The van der Waals surface area contributed by atoms with E-state index >= 15 is 0 Å². The molecule has 0 aliphatic rings. The van der Waals surface area contributed by atoms with Gasteiger partial charge in [-0.05, 0) is 48.5 Å². The van der Waals surface area contributed by atoms with Gasteiger partial charge in [-0.25, -0.2) is 0 Å². The number of ether oxygens (including phenoxy) is 1. The quantitative estimate of drug-likeness (QED) is 0.432. The Morgan fingerprint density at radius 1 is 0.654 bits per heavy atom. The first-order valence-electron chi connectivity index (χ1n) is 8.20. The van der Waals surface area contributed by atoms with E-state index in [1.165, 1.54) is 0 Å². The second-order valence-electron chi connectivity index (χ2n) is 5.71. The molecular weight excluding hydrogens is 344 g/mol. The molecule has 0 saturated heterocycles. The van der Waals surface area contributed by atoms with Crippen LogP contribution in [0.2, 0.25) is 5.02 Å². The molecule has 0 unspecified atom stereocenters. The molecule has 0 atom stereocenters. The van der Waals surface area contributed by atoms with Crippen LogP contribution in [0.4, 0.5) is 0 Å². The van der Waals surface area contributed by atoms with Gasteiger partial charge in [-0.3, -0.25) is 9.97 Å². The lowest BCUT2D eigenvalue weighted by Gasteiger charge is -2.11. The first kappa shape index (κ1) is 16.3. The Hall–Kier alpha value is -3.17. The maximum Gasteiger partial charge on any atom is 0.146 e. The summed E-state index contributed by atoms with van der Waals surface area (Å²) in [5.41, 5.74) is 3.70. The fourth-order valence-corrected chi connectivity index (χ4v) is 2.81.